The van der Waals surface area contributed by atoms with Crippen molar-refractivity contribution in [2.45, 2.75) is 45.6 Å². The molecule has 1 atom stereocenters. The highest BCUT2D eigenvalue weighted by Crippen LogP contribution is 2.46. The van der Waals surface area contributed by atoms with Crippen LogP contribution in [0.3, 0.4) is 0 Å². The van der Waals surface area contributed by atoms with E-state index in [-0.39, 0.29) is 5.92 Å². The maximum atomic E-state index is 14.2. The summed E-state index contributed by atoms with van der Waals surface area (Å²) in [6.45, 7) is 6.70. The predicted molar refractivity (Wildman–Crippen MR) is 123 cm³/mol. The number of nitrogens with zero attached hydrogens (tertiary/aromatic N) is 4. The summed E-state index contributed by atoms with van der Waals surface area (Å²) in [5.41, 5.74) is 1.79. The standard InChI is InChI=1S/C26H26F2N4O2/c1-15(2)26(18-7-9-20(27)21(28)13-18)10-5-11-32-24(30-31-25(26)32)17-6-8-19(22(12-17)33-4)23-14-29-16(3)34-23/h6-9,12-15H,5,10-11H2,1-4H3. The summed E-state index contributed by atoms with van der Waals surface area (Å²) < 4.78 is 41.4. The molecule has 3 heterocycles. The van der Waals surface area contributed by atoms with Gasteiger partial charge in [0.1, 0.15) is 11.6 Å². The van der Waals surface area contributed by atoms with Gasteiger partial charge >= 0.3 is 0 Å². The van der Waals surface area contributed by atoms with Crippen LogP contribution in [0.25, 0.3) is 22.7 Å². The first-order valence-electron chi connectivity index (χ1n) is 11.4. The minimum atomic E-state index is -0.852. The van der Waals surface area contributed by atoms with Gasteiger partial charge in [-0.15, -0.1) is 10.2 Å². The largest absolute Gasteiger partial charge is 0.496 e. The molecule has 0 aliphatic carbocycles. The number of methoxy groups -OCH3 is 1. The van der Waals surface area contributed by atoms with E-state index in [0.29, 0.717) is 23.2 Å². The average molecular weight is 465 g/mol. The summed E-state index contributed by atoms with van der Waals surface area (Å²) in [5, 5.41) is 9.15. The first kappa shape index (κ1) is 22.3. The van der Waals surface area contributed by atoms with Crippen molar-refractivity contribution in [2.75, 3.05) is 7.11 Å². The van der Waals surface area contributed by atoms with E-state index in [1.54, 1.807) is 26.3 Å². The summed E-state index contributed by atoms with van der Waals surface area (Å²) in [5.74, 6) is 1.71. The molecule has 0 radical (unpaired) electrons. The fourth-order valence-electron chi connectivity index (χ4n) is 5.13. The van der Waals surface area contributed by atoms with Crippen LogP contribution in [0.4, 0.5) is 8.78 Å². The molecule has 0 saturated carbocycles. The van der Waals surface area contributed by atoms with E-state index in [1.807, 2.05) is 18.2 Å². The third kappa shape index (κ3) is 3.40. The molecule has 2 aromatic carbocycles. The van der Waals surface area contributed by atoms with Crippen molar-refractivity contribution in [2.24, 2.45) is 5.92 Å². The number of benzene rings is 2. The highest BCUT2D eigenvalue weighted by atomic mass is 19.2. The molecular weight excluding hydrogens is 438 g/mol. The van der Waals surface area contributed by atoms with Crippen LogP contribution in [0.5, 0.6) is 5.75 Å². The summed E-state index contributed by atoms with van der Waals surface area (Å²) in [6, 6.07) is 9.95. The first-order chi connectivity index (χ1) is 16.3. The van der Waals surface area contributed by atoms with Crippen LogP contribution < -0.4 is 4.74 Å². The molecule has 0 N–H and O–H groups in total. The molecule has 6 nitrogen and oxygen atoms in total. The van der Waals surface area contributed by atoms with Crippen LogP contribution in [-0.4, -0.2) is 26.9 Å². The Morgan fingerprint density at radius 3 is 2.59 bits per heavy atom. The minimum absolute atomic E-state index is 0.0973. The maximum Gasteiger partial charge on any atom is 0.191 e. The van der Waals surface area contributed by atoms with E-state index >= 15 is 0 Å². The molecule has 1 aliphatic heterocycles. The Morgan fingerprint density at radius 2 is 1.91 bits per heavy atom. The molecular formula is C26H26F2N4O2. The van der Waals surface area contributed by atoms with Gasteiger partial charge in [0.05, 0.1) is 24.3 Å². The van der Waals surface area contributed by atoms with Gasteiger partial charge in [0.2, 0.25) is 0 Å². The van der Waals surface area contributed by atoms with Crippen LogP contribution in [0.1, 0.15) is 44.0 Å². The highest BCUT2D eigenvalue weighted by molar-refractivity contribution is 5.71. The monoisotopic (exact) mass is 464 g/mol. The van der Waals surface area contributed by atoms with Gasteiger partial charge in [-0.05, 0) is 48.6 Å². The summed E-state index contributed by atoms with van der Waals surface area (Å²) in [7, 11) is 1.61. The van der Waals surface area contributed by atoms with Crippen molar-refractivity contribution in [3.63, 3.8) is 0 Å². The normalized spacial score (nSPS) is 17.7. The highest BCUT2D eigenvalue weighted by Gasteiger charge is 2.45. The van der Waals surface area contributed by atoms with Gasteiger partial charge in [0, 0.05) is 19.0 Å². The SMILES string of the molecule is COc1cc(-c2nnc3n2CCCC3(c2ccc(F)c(F)c2)C(C)C)ccc1-c1cnc(C)o1. The number of halogens is 2. The van der Waals surface area contributed by atoms with Gasteiger partial charge in [-0.3, -0.25) is 0 Å². The van der Waals surface area contributed by atoms with Gasteiger partial charge in [-0.25, -0.2) is 13.8 Å². The summed E-state index contributed by atoms with van der Waals surface area (Å²) >= 11 is 0. The number of hydrogen-bond donors (Lipinski definition) is 0. The number of oxazole rings is 1. The van der Waals surface area contributed by atoms with Gasteiger partial charge in [0.15, 0.2) is 29.1 Å². The topological polar surface area (TPSA) is 66.0 Å². The Kier molecular flexibility index (Phi) is 5.46. The summed E-state index contributed by atoms with van der Waals surface area (Å²) in [6.07, 6.45) is 3.31. The smallest absolute Gasteiger partial charge is 0.191 e. The maximum absolute atomic E-state index is 14.2. The number of aryl methyl sites for hydroxylation is 1. The molecule has 0 spiro atoms. The molecule has 2 aromatic heterocycles. The second-order valence-corrected chi connectivity index (χ2v) is 9.02. The van der Waals surface area contributed by atoms with E-state index in [4.69, 9.17) is 9.15 Å². The van der Waals surface area contributed by atoms with Crippen LogP contribution in [0.2, 0.25) is 0 Å². The number of aromatic nitrogens is 4. The van der Waals surface area contributed by atoms with Crippen molar-refractivity contribution in [1.29, 1.82) is 0 Å². The Balaban J connectivity index is 1.63. The molecule has 34 heavy (non-hydrogen) atoms. The van der Waals surface area contributed by atoms with Crippen LogP contribution in [-0.2, 0) is 12.0 Å². The predicted octanol–water partition coefficient (Wildman–Crippen LogP) is 5.93. The fraction of sp³-hybridized carbons (Fsp3) is 0.346. The molecule has 0 amide bonds. The minimum Gasteiger partial charge on any atom is -0.496 e. The fourth-order valence-corrected chi connectivity index (χ4v) is 5.13. The van der Waals surface area contributed by atoms with Gasteiger partial charge in [-0.2, -0.15) is 0 Å². The van der Waals surface area contributed by atoms with E-state index in [9.17, 15) is 8.78 Å². The van der Waals surface area contributed by atoms with Crippen LogP contribution in [0, 0.1) is 24.5 Å². The zero-order valence-corrected chi connectivity index (χ0v) is 19.6. The van der Waals surface area contributed by atoms with Crippen molar-refractivity contribution >= 4 is 0 Å². The van der Waals surface area contributed by atoms with Crippen molar-refractivity contribution < 1.29 is 17.9 Å². The number of fused-ring (bicyclic) bond motifs is 1. The number of rotatable bonds is 5. The first-order valence-corrected chi connectivity index (χ1v) is 11.4. The lowest BCUT2D eigenvalue weighted by atomic mass is 9.66. The Bertz CT molecular complexity index is 1360. The zero-order valence-electron chi connectivity index (χ0n) is 19.6. The lowest BCUT2D eigenvalue weighted by Gasteiger charge is -2.41. The third-order valence-corrected chi connectivity index (χ3v) is 6.87. The van der Waals surface area contributed by atoms with Crippen molar-refractivity contribution in [3.8, 4) is 28.5 Å². The molecule has 0 fully saturated rings. The quantitative estimate of drug-likeness (QED) is 0.366. The number of hydrogen-bond acceptors (Lipinski definition) is 5. The van der Waals surface area contributed by atoms with E-state index in [1.165, 1.54) is 12.1 Å². The molecule has 0 saturated heterocycles. The van der Waals surface area contributed by atoms with Gasteiger partial charge < -0.3 is 13.7 Å². The Hall–Kier alpha value is -3.55. The molecule has 1 aliphatic rings. The molecule has 8 heteroatoms. The van der Waals surface area contributed by atoms with Crippen LogP contribution >= 0.6 is 0 Å². The lowest BCUT2D eigenvalue weighted by molar-refractivity contribution is 0.270. The molecule has 1 unspecified atom stereocenters. The molecule has 176 valence electrons. The van der Waals surface area contributed by atoms with Gasteiger partial charge in [0.25, 0.3) is 0 Å². The molecule has 0 bridgehead atoms. The Morgan fingerprint density at radius 1 is 1.09 bits per heavy atom. The molecule has 5 rings (SSSR count). The number of ether oxygens (including phenoxy) is 1. The zero-order chi connectivity index (χ0) is 24.0. The average Bonchev–Trinajstić information content (AvgIpc) is 3.46. The lowest BCUT2D eigenvalue weighted by Crippen LogP contribution is -2.40. The van der Waals surface area contributed by atoms with E-state index < -0.39 is 17.0 Å². The third-order valence-electron chi connectivity index (χ3n) is 6.87. The second kappa shape index (κ2) is 8.34. The Labute approximate surface area is 196 Å². The van der Waals surface area contributed by atoms with Crippen molar-refractivity contribution in [1.82, 2.24) is 19.7 Å². The van der Waals surface area contributed by atoms with E-state index in [0.717, 1.165) is 41.9 Å². The summed E-state index contributed by atoms with van der Waals surface area (Å²) in [4.78, 5) is 4.17. The van der Waals surface area contributed by atoms with Crippen LogP contribution in [0.15, 0.2) is 47.0 Å². The van der Waals surface area contributed by atoms with Crippen molar-refractivity contribution in [3.05, 3.63) is 71.5 Å². The van der Waals surface area contributed by atoms with E-state index in [2.05, 4.69) is 33.6 Å². The second-order valence-electron chi connectivity index (χ2n) is 9.02. The van der Waals surface area contributed by atoms with Gasteiger partial charge in [-0.1, -0.05) is 26.0 Å². The molecule has 4 aromatic rings.